The molecular weight excluding hydrogens is 286 g/mol. The van der Waals surface area contributed by atoms with Crippen LogP contribution in [0.4, 0.5) is 4.79 Å². The van der Waals surface area contributed by atoms with Crippen LogP contribution in [0.3, 0.4) is 0 Å². The van der Waals surface area contributed by atoms with E-state index in [9.17, 15) is 24.9 Å². The maximum absolute atomic E-state index is 12.4. The molecule has 1 atom stereocenters. The Morgan fingerprint density at radius 1 is 1.36 bits per heavy atom. The first kappa shape index (κ1) is 16.3. The zero-order valence-corrected chi connectivity index (χ0v) is 12.8. The van der Waals surface area contributed by atoms with E-state index < -0.39 is 11.6 Å². The van der Waals surface area contributed by atoms with E-state index in [0.29, 0.717) is 17.5 Å². The Balaban J connectivity index is 2.54. The third kappa shape index (κ3) is 2.54. The highest BCUT2D eigenvalue weighted by Gasteiger charge is 2.43. The Morgan fingerprint density at radius 2 is 2.05 bits per heavy atom. The summed E-state index contributed by atoms with van der Waals surface area (Å²) in [6, 6.07) is 3.37. The molecule has 0 saturated carbocycles. The first-order valence-corrected chi connectivity index (χ1v) is 7.32. The fourth-order valence-electron chi connectivity index (χ4n) is 3.17. The van der Waals surface area contributed by atoms with Gasteiger partial charge in [0.05, 0.1) is 6.61 Å². The molecule has 1 amide bonds. The van der Waals surface area contributed by atoms with Crippen LogP contribution in [0, 0.1) is 0 Å². The van der Waals surface area contributed by atoms with Crippen molar-refractivity contribution in [3.8, 4) is 5.75 Å². The van der Waals surface area contributed by atoms with Crippen molar-refractivity contribution >= 4 is 11.9 Å². The largest absolute Gasteiger partial charge is 0.507 e. The number of aliphatic hydroxyl groups excluding tert-OH is 1. The van der Waals surface area contributed by atoms with E-state index in [2.05, 4.69) is 0 Å². The van der Waals surface area contributed by atoms with Crippen LogP contribution in [-0.4, -0.2) is 44.2 Å². The van der Waals surface area contributed by atoms with Crippen LogP contribution in [0.2, 0.25) is 0 Å². The van der Waals surface area contributed by atoms with Crippen molar-refractivity contribution in [2.75, 3.05) is 6.54 Å². The van der Waals surface area contributed by atoms with E-state index >= 15 is 0 Å². The third-order valence-electron chi connectivity index (χ3n) is 4.50. The van der Waals surface area contributed by atoms with Gasteiger partial charge >= 0.3 is 6.09 Å². The fourth-order valence-corrected chi connectivity index (χ4v) is 3.17. The van der Waals surface area contributed by atoms with Gasteiger partial charge in [-0.3, -0.25) is 9.69 Å². The highest BCUT2D eigenvalue weighted by atomic mass is 16.4. The standard InChI is InChI=1S/C16H21NO5/c1-3-13(19)16(2)8-10-4-5-11(9-18)14(20)12(10)6-7-17(16)15(21)22/h4-5,18,20H,3,6-9H2,1-2H3,(H,21,22). The SMILES string of the molecule is CCC(=O)C1(C)Cc2ccc(CO)c(O)c2CCN1C(=O)O. The summed E-state index contributed by atoms with van der Waals surface area (Å²) >= 11 is 0. The average molecular weight is 307 g/mol. The number of hydrogen-bond donors (Lipinski definition) is 3. The van der Waals surface area contributed by atoms with Crippen LogP contribution in [0.1, 0.15) is 37.0 Å². The molecular formula is C16H21NO5. The van der Waals surface area contributed by atoms with Gasteiger partial charge in [0.25, 0.3) is 0 Å². The Kier molecular flexibility index (Phi) is 4.42. The number of hydrogen-bond acceptors (Lipinski definition) is 4. The Bertz CT molecular complexity index is 613. The first-order valence-electron chi connectivity index (χ1n) is 7.32. The van der Waals surface area contributed by atoms with Crippen molar-refractivity contribution in [2.24, 2.45) is 0 Å². The number of rotatable bonds is 3. The summed E-state index contributed by atoms with van der Waals surface area (Å²) in [6.45, 7) is 3.20. The highest BCUT2D eigenvalue weighted by molar-refractivity contribution is 5.91. The molecule has 1 aliphatic heterocycles. The van der Waals surface area contributed by atoms with Crippen molar-refractivity contribution in [2.45, 2.75) is 45.3 Å². The molecule has 0 aliphatic carbocycles. The number of carbonyl (C=O) groups excluding carboxylic acids is 1. The van der Waals surface area contributed by atoms with Gasteiger partial charge in [0.15, 0.2) is 5.78 Å². The van der Waals surface area contributed by atoms with Crippen LogP contribution in [0.15, 0.2) is 12.1 Å². The maximum atomic E-state index is 12.4. The Morgan fingerprint density at radius 3 is 2.59 bits per heavy atom. The summed E-state index contributed by atoms with van der Waals surface area (Å²) in [5, 5.41) is 28.9. The molecule has 2 rings (SSSR count). The van der Waals surface area contributed by atoms with Crippen LogP contribution in [0.25, 0.3) is 0 Å². The smallest absolute Gasteiger partial charge is 0.408 e. The van der Waals surface area contributed by atoms with Crippen molar-refractivity contribution in [3.05, 3.63) is 28.8 Å². The van der Waals surface area contributed by atoms with E-state index in [1.165, 1.54) is 0 Å². The first-order chi connectivity index (χ1) is 10.3. The second-order valence-corrected chi connectivity index (χ2v) is 5.78. The second kappa shape index (κ2) is 5.96. The zero-order valence-electron chi connectivity index (χ0n) is 12.8. The predicted octanol–water partition coefficient (Wildman–Crippen LogP) is 1.70. The molecule has 0 aromatic heterocycles. The molecule has 0 saturated heterocycles. The van der Waals surface area contributed by atoms with E-state index in [-0.39, 0.29) is 37.5 Å². The quantitative estimate of drug-likeness (QED) is 0.789. The van der Waals surface area contributed by atoms with Crippen molar-refractivity contribution in [1.29, 1.82) is 0 Å². The van der Waals surface area contributed by atoms with Crippen LogP contribution in [0.5, 0.6) is 5.75 Å². The van der Waals surface area contributed by atoms with Crippen molar-refractivity contribution < 1.29 is 24.9 Å². The lowest BCUT2D eigenvalue weighted by molar-refractivity contribution is -0.129. The number of ketones is 1. The summed E-state index contributed by atoms with van der Waals surface area (Å²) in [5.74, 6) is -0.146. The van der Waals surface area contributed by atoms with Crippen LogP contribution >= 0.6 is 0 Å². The molecule has 6 heteroatoms. The summed E-state index contributed by atoms with van der Waals surface area (Å²) in [6.07, 6.45) is -0.357. The molecule has 1 aromatic rings. The molecule has 1 unspecified atom stereocenters. The number of benzene rings is 1. The lowest BCUT2D eigenvalue weighted by atomic mass is 9.85. The van der Waals surface area contributed by atoms with Gasteiger partial charge in [-0.15, -0.1) is 0 Å². The molecule has 1 heterocycles. The number of carboxylic acid groups (broad SMARTS) is 1. The van der Waals surface area contributed by atoms with Gasteiger partial charge in [0.1, 0.15) is 11.3 Å². The van der Waals surface area contributed by atoms with E-state index in [1.807, 2.05) is 0 Å². The number of carbonyl (C=O) groups is 2. The van der Waals surface area contributed by atoms with Crippen molar-refractivity contribution in [1.82, 2.24) is 4.90 Å². The number of fused-ring (bicyclic) bond motifs is 1. The molecule has 0 bridgehead atoms. The highest BCUT2D eigenvalue weighted by Crippen LogP contribution is 2.35. The minimum absolute atomic E-state index is 0.00136. The van der Waals surface area contributed by atoms with Gasteiger partial charge < -0.3 is 15.3 Å². The monoisotopic (exact) mass is 307 g/mol. The zero-order chi connectivity index (χ0) is 16.5. The molecule has 1 aromatic carbocycles. The summed E-state index contributed by atoms with van der Waals surface area (Å²) < 4.78 is 0. The minimum Gasteiger partial charge on any atom is -0.507 e. The maximum Gasteiger partial charge on any atom is 0.408 e. The number of aromatic hydroxyl groups is 1. The topological polar surface area (TPSA) is 98.1 Å². The molecule has 0 fully saturated rings. The Hall–Kier alpha value is -2.08. The van der Waals surface area contributed by atoms with Crippen LogP contribution in [-0.2, 0) is 24.2 Å². The summed E-state index contributed by atoms with van der Waals surface area (Å²) in [5.41, 5.74) is 0.637. The van der Waals surface area contributed by atoms with Gasteiger partial charge in [0, 0.05) is 24.9 Å². The normalized spacial score (nSPS) is 21.1. The van der Waals surface area contributed by atoms with Gasteiger partial charge in [-0.25, -0.2) is 4.79 Å². The predicted molar refractivity (Wildman–Crippen MR) is 79.9 cm³/mol. The van der Waals surface area contributed by atoms with E-state index in [0.717, 1.165) is 10.5 Å². The number of amides is 1. The molecule has 3 N–H and O–H groups in total. The van der Waals surface area contributed by atoms with Gasteiger partial charge in [-0.05, 0) is 24.5 Å². The number of Topliss-reactive ketones (excluding diaryl/α,β-unsaturated/α-hetero) is 1. The lowest BCUT2D eigenvalue weighted by Crippen LogP contribution is -2.55. The number of phenols is 1. The molecule has 6 nitrogen and oxygen atoms in total. The molecule has 1 aliphatic rings. The van der Waals surface area contributed by atoms with Crippen LogP contribution < -0.4 is 0 Å². The summed E-state index contributed by atoms with van der Waals surface area (Å²) in [4.78, 5) is 25.1. The molecule has 120 valence electrons. The number of nitrogens with zero attached hydrogens (tertiary/aromatic N) is 1. The van der Waals surface area contributed by atoms with Crippen molar-refractivity contribution in [3.63, 3.8) is 0 Å². The molecule has 0 radical (unpaired) electrons. The number of aliphatic hydroxyl groups is 1. The average Bonchev–Trinajstić information content (AvgIpc) is 2.64. The summed E-state index contributed by atoms with van der Waals surface area (Å²) in [7, 11) is 0. The van der Waals surface area contributed by atoms with Gasteiger partial charge in [-0.1, -0.05) is 19.1 Å². The van der Waals surface area contributed by atoms with E-state index in [1.54, 1.807) is 26.0 Å². The molecule has 22 heavy (non-hydrogen) atoms. The fraction of sp³-hybridized carbons (Fsp3) is 0.500. The minimum atomic E-state index is -1.14. The van der Waals surface area contributed by atoms with Gasteiger partial charge in [0.2, 0.25) is 0 Å². The van der Waals surface area contributed by atoms with E-state index in [4.69, 9.17) is 0 Å². The third-order valence-corrected chi connectivity index (χ3v) is 4.50. The lowest BCUT2D eigenvalue weighted by Gasteiger charge is -2.36. The Labute approximate surface area is 129 Å². The van der Waals surface area contributed by atoms with Gasteiger partial charge in [-0.2, -0.15) is 0 Å². The molecule has 0 spiro atoms. The second-order valence-electron chi connectivity index (χ2n) is 5.78.